The number of carbonyl (C=O) groups is 2. The van der Waals surface area contributed by atoms with E-state index in [0.29, 0.717) is 37.8 Å². The predicted molar refractivity (Wildman–Crippen MR) is 114 cm³/mol. The van der Waals surface area contributed by atoms with Crippen molar-refractivity contribution in [3.63, 3.8) is 0 Å². The fourth-order valence-electron chi connectivity index (χ4n) is 3.68. The van der Waals surface area contributed by atoms with Gasteiger partial charge in [-0.15, -0.1) is 0 Å². The van der Waals surface area contributed by atoms with E-state index in [9.17, 15) is 19.2 Å². The van der Waals surface area contributed by atoms with Gasteiger partial charge in [-0.2, -0.15) is 0 Å². The highest BCUT2D eigenvalue weighted by Crippen LogP contribution is 2.13. The van der Waals surface area contributed by atoms with Crippen LogP contribution in [0.4, 0.5) is 5.82 Å². The van der Waals surface area contributed by atoms with Crippen molar-refractivity contribution in [2.45, 2.75) is 6.92 Å². The van der Waals surface area contributed by atoms with Gasteiger partial charge >= 0.3 is 5.69 Å². The van der Waals surface area contributed by atoms with Crippen LogP contribution < -0.4 is 16.6 Å². The minimum Gasteiger partial charge on any atom is -0.360 e. The van der Waals surface area contributed by atoms with Gasteiger partial charge in [0.15, 0.2) is 5.82 Å². The summed E-state index contributed by atoms with van der Waals surface area (Å²) in [5, 5.41) is 6.62. The van der Waals surface area contributed by atoms with E-state index in [0.717, 1.165) is 4.57 Å². The van der Waals surface area contributed by atoms with E-state index in [1.165, 1.54) is 30.9 Å². The third-order valence-electron chi connectivity index (χ3n) is 5.46. The molecule has 0 spiro atoms. The maximum Gasteiger partial charge on any atom is 0.332 e. The van der Waals surface area contributed by atoms with E-state index < -0.39 is 11.2 Å². The van der Waals surface area contributed by atoms with Crippen molar-refractivity contribution in [3.05, 3.63) is 50.5 Å². The molecule has 3 aromatic heterocycles. The summed E-state index contributed by atoms with van der Waals surface area (Å²) in [4.78, 5) is 57.4. The van der Waals surface area contributed by atoms with Gasteiger partial charge in [-0.1, -0.05) is 5.16 Å². The van der Waals surface area contributed by atoms with Crippen LogP contribution in [0.25, 0.3) is 11.0 Å². The predicted octanol–water partition coefficient (Wildman–Crippen LogP) is -0.675. The van der Waals surface area contributed by atoms with Crippen LogP contribution in [0.3, 0.4) is 0 Å². The van der Waals surface area contributed by atoms with E-state index in [4.69, 9.17) is 4.52 Å². The number of nitrogens with zero attached hydrogens (tertiary/aromatic N) is 6. The highest BCUT2D eigenvalue weighted by molar-refractivity contribution is 5.97. The lowest BCUT2D eigenvalue weighted by Gasteiger charge is -2.34. The van der Waals surface area contributed by atoms with Crippen molar-refractivity contribution < 1.29 is 14.1 Å². The Kier molecular flexibility index (Phi) is 5.61. The Balaban J connectivity index is 1.41. The van der Waals surface area contributed by atoms with Crippen LogP contribution in [0, 0.1) is 6.92 Å². The van der Waals surface area contributed by atoms with Crippen LogP contribution in [0.2, 0.25) is 0 Å². The topological polar surface area (TPSA) is 136 Å². The minimum absolute atomic E-state index is 0.176. The summed E-state index contributed by atoms with van der Waals surface area (Å²) < 4.78 is 7.19. The standard InChI is InChI=1S/C20H23N7O5/c1-12-8-15(23-32-12)22-16(28)11-26-4-6-27(7-5-26)18(29)13-9-14-17(21-10-13)24(2)20(31)25(3)19(14)30/h8-10H,4-7,11H2,1-3H3,(H,22,23,28). The van der Waals surface area contributed by atoms with E-state index in [1.807, 2.05) is 4.90 Å². The van der Waals surface area contributed by atoms with Crippen molar-refractivity contribution in [3.8, 4) is 0 Å². The van der Waals surface area contributed by atoms with Crippen molar-refractivity contribution >= 4 is 28.7 Å². The van der Waals surface area contributed by atoms with E-state index in [2.05, 4.69) is 15.5 Å². The Labute approximate surface area is 182 Å². The first-order valence-electron chi connectivity index (χ1n) is 10.0. The lowest BCUT2D eigenvalue weighted by atomic mass is 10.2. The monoisotopic (exact) mass is 441 g/mol. The van der Waals surface area contributed by atoms with Crippen LogP contribution in [0.15, 0.2) is 32.4 Å². The average Bonchev–Trinajstić information content (AvgIpc) is 3.20. The Bertz CT molecular complexity index is 1310. The van der Waals surface area contributed by atoms with Crippen LogP contribution in [-0.4, -0.2) is 73.6 Å². The molecule has 1 aliphatic rings. The number of nitrogens with one attached hydrogen (secondary N) is 1. The Hall–Kier alpha value is -3.80. The van der Waals surface area contributed by atoms with Gasteiger partial charge in [0.25, 0.3) is 11.5 Å². The summed E-state index contributed by atoms with van der Waals surface area (Å²) in [5.41, 5.74) is -0.468. The fraction of sp³-hybridized carbons (Fsp3) is 0.400. The molecule has 0 radical (unpaired) electrons. The average molecular weight is 441 g/mol. The zero-order valence-corrected chi connectivity index (χ0v) is 18.0. The molecule has 0 saturated carbocycles. The second-order valence-electron chi connectivity index (χ2n) is 7.74. The Morgan fingerprint density at radius 3 is 2.47 bits per heavy atom. The van der Waals surface area contributed by atoms with Gasteiger partial charge in [-0.25, -0.2) is 9.78 Å². The quantitative estimate of drug-likeness (QED) is 0.563. The number of amides is 2. The molecule has 12 nitrogen and oxygen atoms in total. The molecule has 0 atom stereocenters. The molecule has 1 fully saturated rings. The van der Waals surface area contributed by atoms with Gasteiger partial charge in [-0.3, -0.25) is 28.4 Å². The molecule has 3 aromatic rings. The van der Waals surface area contributed by atoms with E-state index in [-0.39, 0.29) is 35.0 Å². The molecule has 0 unspecified atom stereocenters. The first-order valence-corrected chi connectivity index (χ1v) is 10.0. The highest BCUT2D eigenvalue weighted by Gasteiger charge is 2.24. The molecule has 168 valence electrons. The van der Waals surface area contributed by atoms with Crippen LogP contribution >= 0.6 is 0 Å². The lowest BCUT2D eigenvalue weighted by Crippen LogP contribution is -2.50. The normalized spacial score (nSPS) is 14.7. The van der Waals surface area contributed by atoms with Crippen molar-refractivity contribution in [1.82, 2.24) is 29.1 Å². The SMILES string of the molecule is Cc1cc(NC(=O)CN2CCN(C(=O)c3cnc4c(c3)c(=O)n(C)c(=O)n4C)CC2)no1. The maximum atomic E-state index is 13.0. The first kappa shape index (κ1) is 21.4. The van der Waals surface area contributed by atoms with Crippen molar-refractivity contribution in [2.75, 3.05) is 38.0 Å². The second kappa shape index (κ2) is 8.38. The minimum atomic E-state index is -0.497. The zero-order chi connectivity index (χ0) is 23.0. The van der Waals surface area contributed by atoms with Gasteiger partial charge < -0.3 is 14.7 Å². The molecular weight excluding hydrogens is 418 g/mol. The zero-order valence-electron chi connectivity index (χ0n) is 18.0. The van der Waals surface area contributed by atoms with Crippen molar-refractivity contribution in [1.29, 1.82) is 0 Å². The molecule has 1 saturated heterocycles. The molecule has 2 amide bonds. The molecule has 4 rings (SSSR count). The smallest absolute Gasteiger partial charge is 0.332 e. The molecule has 32 heavy (non-hydrogen) atoms. The van der Waals surface area contributed by atoms with Gasteiger partial charge in [0, 0.05) is 52.5 Å². The summed E-state index contributed by atoms with van der Waals surface area (Å²) in [5.74, 6) is 0.514. The van der Waals surface area contributed by atoms with Crippen LogP contribution in [0.1, 0.15) is 16.1 Å². The summed E-state index contributed by atoms with van der Waals surface area (Å²) in [6, 6.07) is 3.11. The third-order valence-corrected chi connectivity index (χ3v) is 5.46. The summed E-state index contributed by atoms with van der Waals surface area (Å²) in [6.07, 6.45) is 1.38. The van der Waals surface area contributed by atoms with Gasteiger partial charge in [-0.05, 0) is 13.0 Å². The highest BCUT2D eigenvalue weighted by atomic mass is 16.5. The second-order valence-corrected chi connectivity index (χ2v) is 7.74. The number of piperazine rings is 1. The Morgan fingerprint density at radius 1 is 1.09 bits per heavy atom. The number of carbonyl (C=O) groups excluding carboxylic acids is 2. The fourth-order valence-corrected chi connectivity index (χ4v) is 3.68. The number of hydrogen-bond donors (Lipinski definition) is 1. The number of aromatic nitrogens is 4. The molecule has 0 aromatic carbocycles. The number of pyridine rings is 1. The van der Waals surface area contributed by atoms with Crippen LogP contribution in [0.5, 0.6) is 0 Å². The third kappa shape index (κ3) is 4.04. The molecule has 0 bridgehead atoms. The van der Waals surface area contributed by atoms with E-state index >= 15 is 0 Å². The summed E-state index contributed by atoms with van der Waals surface area (Å²) in [6.45, 7) is 3.82. The number of hydrogen-bond acceptors (Lipinski definition) is 8. The Morgan fingerprint density at radius 2 is 1.81 bits per heavy atom. The number of aryl methyl sites for hydroxylation is 2. The number of rotatable bonds is 4. The van der Waals surface area contributed by atoms with Crippen LogP contribution in [-0.2, 0) is 18.9 Å². The molecule has 12 heteroatoms. The molecule has 1 N–H and O–H groups in total. The molecule has 0 aliphatic carbocycles. The van der Waals surface area contributed by atoms with Gasteiger partial charge in [0.1, 0.15) is 11.4 Å². The summed E-state index contributed by atoms with van der Waals surface area (Å²) in [7, 11) is 2.91. The first-order chi connectivity index (χ1) is 15.2. The van der Waals surface area contributed by atoms with Crippen molar-refractivity contribution in [2.24, 2.45) is 14.1 Å². The molecular formula is C20H23N7O5. The van der Waals surface area contributed by atoms with E-state index in [1.54, 1.807) is 17.9 Å². The lowest BCUT2D eigenvalue weighted by molar-refractivity contribution is -0.117. The molecule has 1 aliphatic heterocycles. The summed E-state index contributed by atoms with van der Waals surface area (Å²) >= 11 is 0. The maximum absolute atomic E-state index is 13.0. The molecule has 4 heterocycles. The van der Waals surface area contributed by atoms with Gasteiger partial charge in [0.2, 0.25) is 5.91 Å². The number of fused-ring (bicyclic) bond motifs is 1. The van der Waals surface area contributed by atoms with Gasteiger partial charge in [0.05, 0.1) is 17.5 Å². The largest absolute Gasteiger partial charge is 0.360 e. The number of anilines is 1.